The summed E-state index contributed by atoms with van der Waals surface area (Å²) in [7, 11) is 0. The third-order valence-corrected chi connectivity index (χ3v) is 2.38. The van der Waals surface area contributed by atoms with Crippen molar-refractivity contribution in [1.82, 2.24) is 15.5 Å². The molecule has 4 nitrogen and oxygen atoms in total. The molecule has 0 radical (unpaired) electrons. The highest BCUT2D eigenvalue weighted by molar-refractivity contribution is 5.00. The summed E-state index contributed by atoms with van der Waals surface area (Å²) in [5, 5.41) is 7.28. The molecule has 0 aliphatic carbocycles. The topological polar surface area (TPSA) is 51.0 Å². The molecule has 1 aromatic rings. The first-order valence-electron chi connectivity index (χ1n) is 4.81. The minimum Gasteiger partial charge on any atom is -0.339 e. The van der Waals surface area contributed by atoms with E-state index in [4.69, 9.17) is 4.52 Å². The summed E-state index contributed by atoms with van der Waals surface area (Å²) in [4.78, 5) is 4.37. The molecule has 0 amide bonds. The van der Waals surface area contributed by atoms with E-state index in [1.807, 2.05) is 0 Å². The molecule has 1 saturated heterocycles. The standard InChI is InChI=1S/C9H15N3O/c1-6(2)9-11-8(12-13-9)7-3-4-10-5-7/h6-7,10H,3-5H2,1-2H3. The van der Waals surface area contributed by atoms with Crippen molar-refractivity contribution in [2.75, 3.05) is 13.1 Å². The van der Waals surface area contributed by atoms with Gasteiger partial charge in [0.1, 0.15) is 0 Å². The molecule has 13 heavy (non-hydrogen) atoms. The molecule has 0 saturated carbocycles. The van der Waals surface area contributed by atoms with E-state index >= 15 is 0 Å². The van der Waals surface area contributed by atoms with Gasteiger partial charge in [0, 0.05) is 18.4 Å². The highest BCUT2D eigenvalue weighted by Crippen LogP contribution is 2.21. The average molecular weight is 181 g/mol. The SMILES string of the molecule is CC(C)c1nc(C2CCNC2)no1. The van der Waals surface area contributed by atoms with E-state index in [0.29, 0.717) is 11.8 Å². The summed E-state index contributed by atoms with van der Waals surface area (Å²) in [6.07, 6.45) is 1.12. The average Bonchev–Trinajstić information content (AvgIpc) is 2.75. The Labute approximate surface area is 77.7 Å². The van der Waals surface area contributed by atoms with Gasteiger partial charge < -0.3 is 9.84 Å². The second kappa shape index (κ2) is 3.46. The number of hydrogen-bond donors (Lipinski definition) is 1. The lowest BCUT2D eigenvalue weighted by Crippen LogP contribution is -2.08. The Morgan fingerprint density at radius 3 is 2.92 bits per heavy atom. The largest absolute Gasteiger partial charge is 0.339 e. The van der Waals surface area contributed by atoms with Gasteiger partial charge >= 0.3 is 0 Å². The molecule has 1 unspecified atom stereocenters. The summed E-state index contributed by atoms with van der Waals surface area (Å²) in [5.74, 6) is 2.41. The van der Waals surface area contributed by atoms with E-state index in [-0.39, 0.29) is 0 Å². The van der Waals surface area contributed by atoms with E-state index in [1.165, 1.54) is 0 Å². The van der Waals surface area contributed by atoms with Crippen molar-refractivity contribution in [3.05, 3.63) is 11.7 Å². The molecule has 4 heteroatoms. The molecule has 1 atom stereocenters. The van der Waals surface area contributed by atoms with Crippen LogP contribution < -0.4 is 5.32 Å². The Morgan fingerprint density at radius 2 is 2.38 bits per heavy atom. The van der Waals surface area contributed by atoms with Crippen molar-refractivity contribution in [1.29, 1.82) is 0 Å². The van der Waals surface area contributed by atoms with Crippen molar-refractivity contribution >= 4 is 0 Å². The Bertz CT molecular complexity index is 276. The number of rotatable bonds is 2. The number of hydrogen-bond acceptors (Lipinski definition) is 4. The van der Waals surface area contributed by atoms with Crippen LogP contribution in [0.3, 0.4) is 0 Å². The number of nitrogens with one attached hydrogen (secondary N) is 1. The van der Waals surface area contributed by atoms with E-state index in [2.05, 4.69) is 29.3 Å². The molecular weight excluding hydrogens is 166 g/mol. The van der Waals surface area contributed by atoms with E-state index < -0.39 is 0 Å². The fourth-order valence-corrected chi connectivity index (χ4v) is 1.52. The minimum atomic E-state index is 0.329. The summed E-state index contributed by atoms with van der Waals surface area (Å²) < 4.78 is 5.15. The smallest absolute Gasteiger partial charge is 0.229 e. The molecule has 1 N–H and O–H groups in total. The molecule has 72 valence electrons. The van der Waals surface area contributed by atoms with Crippen LogP contribution >= 0.6 is 0 Å². The first-order valence-corrected chi connectivity index (χ1v) is 4.81. The molecule has 1 aliphatic rings. The summed E-state index contributed by atoms with van der Waals surface area (Å²) in [6.45, 7) is 6.17. The molecule has 0 spiro atoms. The molecular formula is C9H15N3O. The highest BCUT2D eigenvalue weighted by Gasteiger charge is 2.22. The van der Waals surface area contributed by atoms with Crippen LogP contribution in [-0.2, 0) is 0 Å². The van der Waals surface area contributed by atoms with E-state index in [1.54, 1.807) is 0 Å². The molecule has 2 heterocycles. The maximum Gasteiger partial charge on any atom is 0.229 e. The van der Waals surface area contributed by atoms with E-state index in [9.17, 15) is 0 Å². The first-order chi connectivity index (χ1) is 6.27. The van der Waals surface area contributed by atoms with E-state index in [0.717, 1.165) is 31.2 Å². The van der Waals surface area contributed by atoms with Gasteiger partial charge in [-0.3, -0.25) is 0 Å². The lowest BCUT2D eigenvalue weighted by Gasteiger charge is -1.99. The lowest BCUT2D eigenvalue weighted by atomic mass is 10.1. The zero-order chi connectivity index (χ0) is 9.26. The zero-order valence-electron chi connectivity index (χ0n) is 8.08. The summed E-state index contributed by atoms with van der Waals surface area (Å²) in [5.41, 5.74) is 0. The molecule has 0 aromatic carbocycles. The fraction of sp³-hybridized carbons (Fsp3) is 0.778. The third-order valence-electron chi connectivity index (χ3n) is 2.38. The maximum absolute atomic E-state index is 5.15. The van der Waals surface area contributed by atoms with Crippen molar-refractivity contribution < 1.29 is 4.52 Å². The number of aromatic nitrogens is 2. The van der Waals surface area contributed by atoms with Gasteiger partial charge in [0.05, 0.1) is 0 Å². The zero-order valence-corrected chi connectivity index (χ0v) is 8.08. The second-order valence-corrected chi connectivity index (χ2v) is 3.84. The van der Waals surface area contributed by atoms with Gasteiger partial charge in [0.25, 0.3) is 0 Å². The molecule has 1 aliphatic heterocycles. The fourth-order valence-electron chi connectivity index (χ4n) is 1.52. The van der Waals surface area contributed by atoms with Crippen molar-refractivity contribution in [2.45, 2.75) is 32.1 Å². The van der Waals surface area contributed by atoms with Crippen LogP contribution in [0.4, 0.5) is 0 Å². The minimum absolute atomic E-state index is 0.329. The van der Waals surface area contributed by atoms with Crippen molar-refractivity contribution in [3.63, 3.8) is 0 Å². The van der Waals surface area contributed by atoms with Crippen LogP contribution in [0.1, 0.15) is 43.8 Å². The van der Waals surface area contributed by atoms with Gasteiger partial charge in [-0.1, -0.05) is 19.0 Å². The van der Waals surface area contributed by atoms with Gasteiger partial charge in [0.2, 0.25) is 5.89 Å². The van der Waals surface area contributed by atoms with Gasteiger partial charge in [-0.2, -0.15) is 4.98 Å². The quantitative estimate of drug-likeness (QED) is 0.746. The molecule has 1 aromatic heterocycles. The predicted molar refractivity (Wildman–Crippen MR) is 48.6 cm³/mol. The summed E-state index contributed by atoms with van der Waals surface area (Å²) in [6, 6.07) is 0. The highest BCUT2D eigenvalue weighted by atomic mass is 16.5. The monoisotopic (exact) mass is 181 g/mol. The van der Waals surface area contributed by atoms with Gasteiger partial charge in [0.15, 0.2) is 5.82 Å². The lowest BCUT2D eigenvalue weighted by molar-refractivity contribution is 0.358. The number of nitrogens with zero attached hydrogens (tertiary/aromatic N) is 2. The maximum atomic E-state index is 5.15. The Balaban J connectivity index is 2.12. The van der Waals surface area contributed by atoms with Gasteiger partial charge in [-0.15, -0.1) is 0 Å². The van der Waals surface area contributed by atoms with Crippen LogP contribution in [0.2, 0.25) is 0 Å². The van der Waals surface area contributed by atoms with Gasteiger partial charge in [-0.25, -0.2) is 0 Å². The van der Waals surface area contributed by atoms with Crippen LogP contribution in [0, 0.1) is 0 Å². The molecule has 1 fully saturated rings. The Kier molecular flexibility index (Phi) is 2.31. The predicted octanol–water partition coefficient (Wildman–Crippen LogP) is 1.27. The van der Waals surface area contributed by atoms with Crippen LogP contribution in [0.5, 0.6) is 0 Å². The molecule has 0 bridgehead atoms. The Morgan fingerprint density at radius 1 is 1.54 bits per heavy atom. The van der Waals surface area contributed by atoms with Gasteiger partial charge in [-0.05, 0) is 13.0 Å². The van der Waals surface area contributed by atoms with Crippen molar-refractivity contribution in [2.24, 2.45) is 0 Å². The summed E-state index contributed by atoms with van der Waals surface area (Å²) >= 11 is 0. The normalized spacial score (nSPS) is 22.8. The Hall–Kier alpha value is -0.900. The first kappa shape index (κ1) is 8.69. The van der Waals surface area contributed by atoms with Crippen LogP contribution in [0.25, 0.3) is 0 Å². The van der Waals surface area contributed by atoms with Crippen LogP contribution in [-0.4, -0.2) is 23.2 Å². The second-order valence-electron chi connectivity index (χ2n) is 3.84. The van der Waals surface area contributed by atoms with Crippen LogP contribution in [0.15, 0.2) is 4.52 Å². The van der Waals surface area contributed by atoms with Crippen molar-refractivity contribution in [3.8, 4) is 0 Å². The molecule has 2 rings (SSSR count). The third kappa shape index (κ3) is 1.72.